The third-order valence-electron chi connectivity index (χ3n) is 5.24. The van der Waals surface area contributed by atoms with E-state index in [9.17, 15) is 9.59 Å². The summed E-state index contributed by atoms with van der Waals surface area (Å²) in [5.74, 6) is 1.26. The third-order valence-corrected chi connectivity index (χ3v) is 5.24. The van der Waals surface area contributed by atoms with Crippen molar-refractivity contribution in [2.24, 2.45) is 0 Å². The number of likely N-dealkylation sites (N-methyl/N-ethyl adjacent to an activating group) is 3. The number of nitrogens with zero attached hydrogens (tertiary/aromatic N) is 3. The molecule has 0 saturated heterocycles. The average Bonchev–Trinajstić information content (AvgIpc) is 2.79. The van der Waals surface area contributed by atoms with Crippen molar-refractivity contribution in [1.82, 2.24) is 14.7 Å². The smallest absolute Gasteiger partial charge is 0.236 e. The zero-order valence-corrected chi connectivity index (χ0v) is 19.8. The first-order valence-electron chi connectivity index (χ1n) is 10.9. The average molecular weight is 442 g/mol. The Morgan fingerprint density at radius 2 is 1.50 bits per heavy atom. The van der Waals surface area contributed by atoms with Crippen LogP contribution in [-0.2, 0) is 22.7 Å². The molecular weight excluding hydrogens is 406 g/mol. The van der Waals surface area contributed by atoms with Crippen LogP contribution in [0.4, 0.5) is 0 Å². The van der Waals surface area contributed by atoms with E-state index in [1.54, 1.807) is 35.9 Å². The van der Waals surface area contributed by atoms with E-state index in [0.29, 0.717) is 37.7 Å². The molecule has 0 N–H and O–H groups in total. The van der Waals surface area contributed by atoms with E-state index in [0.717, 1.165) is 11.1 Å². The molecule has 0 heterocycles. The summed E-state index contributed by atoms with van der Waals surface area (Å²) in [6, 6.07) is 15.6. The van der Waals surface area contributed by atoms with Crippen LogP contribution in [0.15, 0.2) is 48.5 Å². The maximum Gasteiger partial charge on any atom is 0.236 e. The van der Waals surface area contributed by atoms with Crippen molar-refractivity contribution >= 4 is 11.8 Å². The fraction of sp³-hybridized carbons (Fsp3) is 0.440. The minimum atomic E-state index is -0.0526. The van der Waals surface area contributed by atoms with Gasteiger partial charge in [-0.3, -0.25) is 14.5 Å². The second kappa shape index (κ2) is 12.7. The molecule has 0 atom stereocenters. The van der Waals surface area contributed by atoms with Crippen LogP contribution in [0.5, 0.6) is 11.5 Å². The Morgan fingerprint density at radius 1 is 0.844 bits per heavy atom. The highest BCUT2D eigenvalue weighted by Crippen LogP contribution is 2.29. The number of hydrogen-bond acceptors (Lipinski definition) is 5. The van der Waals surface area contributed by atoms with Crippen LogP contribution < -0.4 is 9.47 Å². The standard InChI is InChI=1S/C25H35N3O4/c1-6-28(7-2)25(30)18-26(3)17-24(29)27(4)16-21-13-14-22(23(15-21)31-5)32-19-20-11-9-8-10-12-20/h8-15H,6-7,16-19H2,1-5H3. The summed E-state index contributed by atoms with van der Waals surface area (Å²) in [6.45, 7) is 6.54. The van der Waals surface area contributed by atoms with E-state index in [1.807, 2.05) is 62.4 Å². The molecule has 0 aliphatic rings. The zero-order chi connectivity index (χ0) is 23.5. The van der Waals surface area contributed by atoms with Crippen LogP contribution in [0.1, 0.15) is 25.0 Å². The highest BCUT2D eigenvalue weighted by molar-refractivity contribution is 5.81. The molecule has 2 amide bonds. The third kappa shape index (κ3) is 7.57. The van der Waals surface area contributed by atoms with Gasteiger partial charge in [-0.15, -0.1) is 0 Å². The van der Waals surface area contributed by atoms with E-state index in [1.165, 1.54) is 0 Å². The summed E-state index contributed by atoms with van der Waals surface area (Å²) >= 11 is 0. The van der Waals surface area contributed by atoms with Gasteiger partial charge in [0.15, 0.2) is 11.5 Å². The number of amides is 2. The van der Waals surface area contributed by atoms with Gasteiger partial charge in [0.2, 0.25) is 11.8 Å². The molecule has 2 aromatic rings. The number of carbonyl (C=O) groups is 2. The van der Waals surface area contributed by atoms with Gasteiger partial charge >= 0.3 is 0 Å². The Bertz CT molecular complexity index is 869. The van der Waals surface area contributed by atoms with Crippen molar-refractivity contribution in [3.63, 3.8) is 0 Å². The Hall–Kier alpha value is -3.06. The summed E-state index contributed by atoms with van der Waals surface area (Å²) in [7, 11) is 5.15. The first kappa shape index (κ1) is 25.2. The molecule has 7 nitrogen and oxygen atoms in total. The van der Waals surface area contributed by atoms with Gasteiger partial charge in [-0.05, 0) is 44.2 Å². The molecule has 0 unspecified atom stereocenters. The van der Waals surface area contributed by atoms with Crippen molar-refractivity contribution in [1.29, 1.82) is 0 Å². The summed E-state index contributed by atoms with van der Waals surface area (Å²) in [5.41, 5.74) is 2.01. The summed E-state index contributed by atoms with van der Waals surface area (Å²) in [6.07, 6.45) is 0. The lowest BCUT2D eigenvalue weighted by atomic mass is 10.2. The predicted molar refractivity (Wildman–Crippen MR) is 126 cm³/mol. The molecule has 0 spiro atoms. The second-order valence-corrected chi connectivity index (χ2v) is 7.75. The summed E-state index contributed by atoms with van der Waals surface area (Å²) < 4.78 is 11.4. The monoisotopic (exact) mass is 441 g/mol. The van der Waals surface area contributed by atoms with E-state index in [4.69, 9.17) is 9.47 Å². The van der Waals surface area contributed by atoms with Gasteiger partial charge in [-0.1, -0.05) is 36.4 Å². The van der Waals surface area contributed by atoms with Crippen molar-refractivity contribution in [2.45, 2.75) is 27.0 Å². The molecule has 0 fully saturated rings. The molecular formula is C25H35N3O4. The molecule has 2 rings (SSSR count). The first-order valence-corrected chi connectivity index (χ1v) is 10.9. The Kier molecular flexibility index (Phi) is 10.0. The van der Waals surface area contributed by atoms with Gasteiger partial charge in [0.1, 0.15) is 6.61 Å². The highest BCUT2D eigenvalue weighted by Gasteiger charge is 2.17. The highest BCUT2D eigenvalue weighted by atomic mass is 16.5. The predicted octanol–water partition coefficient (Wildman–Crippen LogP) is 3.03. The molecule has 0 aliphatic carbocycles. The van der Waals surface area contributed by atoms with Crippen molar-refractivity contribution in [3.8, 4) is 11.5 Å². The fourth-order valence-corrected chi connectivity index (χ4v) is 3.34. The van der Waals surface area contributed by atoms with Crippen LogP contribution in [0, 0.1) is 0 Å². The SMILES string of the molecule is CCN(CC)C(=O)CN(C)CC(=O)N(C)Cc1ccc(OCc2ccccc2)c(OC)c1. The van der Waals surface area contributed by atoms with Gasteiger partial charge < -0.3 is 19.3 Å². The normalized spacial score (nSPS) is 10.7. The van der Waals surface area contributed by atoms with Gasteiger partial charge in [0.05, 0.1) is 20.2 Å². The lowest BCUT2D eigenvalue weighted by Gasteiger charge is -2.25. The van der Waals surface area contributed by atoms with Crippen LogP contribution in [0.3, 0.4) is 0 Å². The molecule has 174 valence electrons. The number of methoxy groups -OCH3 is 1. The summed E-state index contributed by atoms with van der Waals surface area (Å²) in [5, 5.41) is 0. The largest absolute Gasteiger partial charge is 0.493 e. The molecule has 7 heteroatoms. The molecule has 0 radical (unpaired) electrons. The molecule has 2 aromatic carbocycles. The number of hydrogen-bond donors (Lipinski definition) is 0. The minimum Gasteiger partial charge on any atom is -0.493 e. The van der Waals surface area contributed by atoms with Crippen molar-refractivity contribution in [2.75, 3.05) is 47.4 Å². The topological polar surface area (TPSA) is 62.3 Å². The van der Waals surface area contributed by atoms with E-state index in [-0.39, 0.29) is 24.9 Å². The Morgan fingerprint density at radius 3 is 2.12 bits per heavy atom. The van der Waals surface area contributed by atoms with Crippen LogP contribution in [0.2, 0.25) is 0 Å². The van der Waals surface area contributed by atoms with Crippen LogP contribution >= 0.6 is 0 Å². The molecule has 0 aliphatic heterocycles. The lowest BCUT2D eigenvalue weighted by molar-refractivity contribution is -0.134. The molecule has 0 saturated carbocycles. The van der Waals surface area contributed by atoms with Crippen molar-refractivity contribution < 1.29 is 19.1 Å². The lowest BCUT2D eigenvalue weighted by Crippen LogP contribution is -2.42. The van der Waals surface area contributed by atoms with E-state index >= 15 is 0 Å². The number of ether oxygens (including phenoxy) is 2. The van der Waals surface area contributed by atoms with E-state index < -0.39 is 0 Å². The molecule has 0 bridgehead atoms. The minimum absolute atomic E-state index is 0.0313. The van der Waals surface area contributed by atoms with Crippen LogP contribution in [-0.4, -0.2) is 73.9 Å². The fourth-order valence-electron chi connectivity index (χ4n) is 3.34. The Balaban J connectivity index is 1.91. The van der Waals surface area contributed by atoms with Gasteiger partial charge in [0.25, 0.3) is 0 Å². The maximum atomic E-state index is 12.6. The maximum absolute atomic E-state index is 12.6. The van der Waals surface area contributed by atoms with E-state index in [2.05, 4.69) is 0 Å². The quantitative estimate of drug-likeness (QED) is 0.507. The summed E-state index contributed by atoms with van der Waals surface area (Å²) in [4.78, 5) is 30.0. The first-order chi connectivity index (χ1) is 15.4. The second-order valence-electron chi connectivity index (χ2n) is 7.75. The van der Waals surface area contributed by atoms with Gasteiger partial charge in [0, 0.05) is 26.7 Å². The van der Waals surface area contributed by atoms with Crippen LogP contribution in [0.25, 0.3) is 0 Å². The Labute approximate surface area is 191 Å². The zero-order valence-electron chi connectivity index (χ0n) is 19.8. The molecule has 0 aromatic heterocycles. The molecule has 32 heavy (non-hydrogen) atoms. The number of rotatable bonds is 12. The number of benzene rings is 2. The number of carbonyl (C=O) groups excluding carboxylic acids is 2. The van der Waals surface area contributed by atoms with Gasteiger partial charge in [-0.2, -0.15) is 0 Å². The van der Waals surface area contributed by atoms with Crippen molar-refractivity contribution in [3.05, 3.63) is 59.7 Å². The van der Waals surface area contributed by atoms with Gasteiger partial charge in [-0.25, -0.2) is 0 Å².